The summed E-state index contributed by atoms with van der Waals surface area (Å²) in [5, 5.41) is 3.96. The Morgan fingerprint density at radius 1 is 1.22 bits per heavy atom. The molecule has 0 amide bonds. The van der Waals surface area contributed by atoms with Gasteiger partial charge in [-0.2, -0.15) is 0 Å². The first kappa shape index (κ1) is 11.4. The largest absolute Gasteiger partial charge is 0.345 e. The Morgan fingerprint density at radius 2 is 2.11 bits per heavy atom. The number of hydrogen-bond acceptors (Lipinski definition) is 2. The minimum absolute atomic E-state index is 0.755. The molecule has 0 unspecified atom stereocenters. The summed E-state index contributed by atoms with van der Waals surface area (Å²) < 4.78 is 0. The number of aromatic nitrogens is 1. The number of benzene rings is 1. The quantitative estimate of drug-likeness (QED) is 0.871. The van der Waals surface area contributed by atoms with Crippen LogP contribution in [0.4, 0.5) is 5.82 Å². The molecule has 1 aliphatic rings. The Balaban J connectivity index is 1.71. The smallest absolute Gasteiger partial charge is 0.113 e. The van der Waals surface area contributed by atoms with Gasteiger partial charge in [-0.05, 0) is 30.5 Å². The van der Waals surface area contributed by atoms with Crippen LogP contribution >= 0.6 is 11.6 Å². The number of aliphatic imine (C=N–C) groups is 1. The van der Waals surface area contributed by atoms with E-state index in [4.69, 9.17) is 11.6 Å². The molecule has 1 aromatic carbocycles. The van der Waals surface area contributed by atoms with E-state index in [9.17, 15) is 0 Å². The monoisotopic (exact) mass is 259 g/mol. The maximum atomic E-state index is 6.15. The molecule has 4 heteroatoms. The molecule has 2 N–H and O–H groups in total. The summed E-state index contributed by atoms with van der Waals surface area (Å²) in [6, 6.07) is 10.2. The SMILES string of the molecule is Clc1ccccc1CCc1cc2c([nH]1)NC=NC2. The summed E-state index contributed by atoms with van der Waals surface area (Å²) in [5.41, 5.74) is 3.64. The van der Waals surface area contributed by atoms with E-state index in [1.165, 1.54) is 16.8 Å². The van der Waals surface area contributed by atoms with Crippen molar-refractivity contribution < 1.29 is 0 Å². The number of nitrogens with one attached hydrogen (secondary N) is 2. The first-order valence-corrected chi connectivity index (χ1v) is 6.40. The van der Waals surface area contributed by atoms with Gasteiger partial charge >= 0.3 is 0 Å². The zero-order valence-electron chi connectivity index (χ0n) is 9.91. The number of halogens is 1. The second-order valence-corrected chi connectivity index (χ2v) is 4.81. The average molecular weight is 260 g/mol. The highest BCUT2D eigenvalue weighted by atomic mass is 35.5. The minimum atomic E-state index is 0.755. The van der Waals surface area contributed by atoms with Crippen LogP contribution in [-0.2, 0) is 19.4 Å². The molecule has 0 saturated heterocycles. The van der Waals surface area contributed by atoms with Crippen LogP contribution in [0.1, 0.15) is 16.8 Å². The summed E-state index contributed by atoms with van der Waals surface area (Å²) in [6.07, 6.45) is 3.63. The van der Waals surface area contributed by atoms with Crippen molar-refractivity contribution in [3.63, 3.8) is 0 Å². The predicted molar refractivity (Wildman–Crippen MR) is 75.5 cm³/mol. The van der Waals surface area contributed by atoms with Crippen molar-refractivity contribution in [1.82, 2.24) is 4.98 Å². The van der Waals surface area contributed by atoms with Gasteiger partial charge in [-0.1, -0.05) is 29.8 Å². The van der Waals surface area contributed by atoms with Crippen molar-refractivity contribution in [2.24, 2.45) is 4.99 Å². The fraction of sp³-hybridized carbons (Fsp3) is 0.214. The molecule has 0 aliphatic carbocycles. The van der Waals surface area contributed by atoms with Gasteiger partial charge in [-0.25, -0.2) is 0 Å². The summed E-state index contributed by atoms with van der Waals surface area (Å²) >= 11 is 6.15. The zero-order chi connectivity index (χ0) is 12.4. The third-order valence-corrected chi connectivity index (χ3v) is 3.51. The van der Waals surface area contributed by atoms with Gasteiger partial charge in [0.25, 0.3) is 0 Å². The van der Waals surface area contributed by atoms with Gasteiger partial charge in [0, 0.05) is 16.3 Å². The topological polar surface area (TPSA) is 40.2 Å². The molecule has 92 valence electrons. The summed E-state index contributed by atoms with van der Waals surface area (Å²) in [7, 11) is 0. The highest BCUT2D eigenvalue weighted by Crippen LogP contribution is 2.22. The van der Waals surface area contributed by atoms with Crippen LogP contribution in [0.5, 0.6) is 0 Å². The molecule has 2 aromatic rings. The second-order valence-electron chi connectivity index (χ2n) is 4.40. The fourth-order valence-electron chi connectivity index (χ4n) is 2.17. The van der Waals surface area contributed by atoms with Gasteiger partial charge in [0.2, 0.25) is 0 Å². The van der Waals surface area contributed by atoms with E-state index in [1.807, 2.05) is 18.2 Å². The lowest BCUT2D eigenvalue weighted by Crippen LogP contribution is -2.03. The van der Waals surface area contributed by atoms with Gasteiger partial charge in [0.1, 0.15) is 5.82 Å². The van der Waals surface area contributed by atoms with Crippen molar-refractivity contribution in [3.8, 4) is 0 Å². The first-order chi connectivity index (χ1) is 8.83. The summed E-state index contributed by atoms with van der Waals surface area (Å²) in [4.78, 5) is 7.56. The number of fused-ring (bicyclic) bond motifs is 1. The van der Waals surface area contributed by atoms with Crippen molar-refractivity contribution in [2.75, 3.05) is 5.32 Å². The summed E-state index contributed by atoms with van der Waals surface area (Å²) in [5.74, 6) is 1.07. The van der Waals surface area contributed by atoms with Crippen LogP contribution in [0.2, 0.25) is 5.02 Å². The standard InChI is InChI=1S/C14H14ClN3/c15-13-4-2-1-3-10(13)5-6-12-7-11-8-16-9-17-14(11)18-12/h1-4,7,9,18H,5-6,8H2,(H,16,17). The van der Waals surface area contributed by atoms with Crippen molar-refractivity contribution in [3.05, 3.63) is 52.2 Å². The third kappa shape index (κ3) is 2.27. The highest BCUT2D eigenvalue weighted by molar-refractivity contribution is 6.31. The summed E-state index contributed by atoms with van der Waals surface area (Å²) in [6.45, 7) is 0.755. The molecule has 18 heavy (non-hydrogen) atoms. The number of aryl methyl sites for hydroxylation is 2. The van der Waals surface area contributed by atoms with Gasteiger partial charge < -0.3 is 10.3 Å². The van der Waals surface area contributed by atoms with E-state index in [1.54, 1.807) is 6.34 Å². The molecule has 3 rings (SSSR count). The molecule has 0 atom stereocenters. The average Bonchev–Trinajstić information content (AvgIpc) is 2.80. The number of H-pyrrole nitrogens is 1. The Bertz CT molecular complexity index is 561. The van der Waals surface area contributed by atoms with E-state index in [0.29, 0.717) is 0 Å². The van der Waals surface area contributed by atoms with Gasteiger partial charge in [-0.15, -0.1) is 0 Å². The molecular weight excluding hydrogens is 246 g/mol. The fourth-order valence-corrected chi connectivity index (χ4v) is 2.40. The molecule has 3 nitrogen and oxygen atoms in total. The van der Waals surface area contributed by atoms with Crippen LogP contribution in [0.15, 0.2) is 35.3 Å². The Hall–Kier alpha value is -1.74. The Morgan fingerprint density at radius 3 is 2.94 bits per heavy atom. The number of rotatable bonds is 3. The van der Waals surface area contributed by atoms with E-state index in [2.05, 4.69) is 27.4 Å². The van der Waals surface area contributed by atoms with E-state index < -0.39 is 0 Å². The van der Waals surface area contributed by atoms with E-state index >= 15 is 0 Å². The second kappa shape index (κ2) is 4.86. The lowest BCUT2D eigenvalue weighted by molar-refractivity contribution is 0.927. The predicted octanol–water partition coefficient (Wildman–Crippen LogP) is 3.41. The molecular formula is C14H14ClN3. The maximum absolute atomic E-state index is 6.15. The van der Waals surface area contributed by atoms with Crippen molar-refractivity contribution in [1.29, 1.82) is 0 Å². The van der Waals surface area contributed by atoms with E-state index in [-0.39, 0.29) is 0 Å². The minimum Gasteiger partial charge on any atom is -0.345 e. The molecule has 0 saturated carbocycles. The Labute approximate surface area is 111 Å². The van der Waals surface area contributed by atoms with Crippen molar-refractivity contribution in [2.45, 2.75) is 19.4 Å². The van der Waals surface area contributed by atoms with Crippen LogP contribution in [0, 0.1) is 0 Å². The highest BCUT2D eigenvalue weighted by Gasteiger charge is 2.10. The molecule has 0 spiro atoms. The molecule has 0 radical (unpaired) electrons. The normalized spacial score (nSPS) is 13.2. The van der Waals surface area contributed by atoms with Gasteiger partial charge in [0.15, 0.2) is 0 Å². The first-order valence-electron chi connectivity index (χ1n) is 6.02. The van der Waals surface area contributed by atoms with Crippen LogP contribution in [-0.4, -0.2) is 11.3 Å². The van der Waals surface area contributed by atoms with Gasteiger partial charge in [-0.3, -0.25) is 4.99 Å². The number of aromatic amines is 1. The lowest BCUT2D eigenvalue weighted by atomic mass is 10.1. The maximum Gasteiger partial charge on any atom is 0.113 e. The lowest BCUT2D eigenvalue weighted by Gasteiger charge is -2.05. The van der Waals surface area contributed by atoms with Crippen molar-refractivity contribution >= 4 is 23.8 Å². The number of anilines is 1. The van der Waals surface area contributed by atoms with Crippen LogP contribution in [0.3, 0.4) is 0 Å². The van der Waals surface area contributed by atoms with Gasteiger partial charge in [0.05, 0.1) is 12.9 Å². The molecule has 1 aromatic heterocycles. The van der Waals surface area contributed by atoms with E-state index in [0.717, 1.165) is 30.2 Å². The molecule has 0 bridgehead atoms. The van der Waals surface area contributed by atoms with Crippen LogP contribution in [0.25, 0.3) is 0 Å². The molecule has 1 aliphatic heterocycles. The van der Waals surface area contributed by atoms with Crippen LogP contribution < -0.4 is 5.32 Å². The zero-order valence-corrected chi connectivity index (χ0v) is 10.7. The molecule has 2 heterocycles. The molecule has 0 fully saturated rings. The third-order valence-electron chi connectivity index (χ3n) is 3.14. The number of nitrogens with zero attached hydrogens (tertiary/aromatic N) is 1. The number of hydrogen-bond donors (Lipinski definition) is 2. The Kier molecular flexibility index (Phi) is 3.07.